The Labute approximate surface area is 129 Å². The number of benzene rings is 1. The van der Waals surface area contributed by atoms with E-state index in [4.69, 9.17) is 17.3 Å². The van der Waals surface area contributed by atoms with Gasteiger partial charge in [-0.25, -0.2) is 0 Å². The molecule has 0 radical (unpaired) electrons. The van der Waals surface area contributed by atoms with E-state index in [2.05, 4.69) is 5.32 Å². The zero-order valence-electron chi connectivity index (χ0n) is 11.8. The summed E-state index contributed by atoms with van der Waals surface area (Å²) in [6.45, 7) is 2.17. The van der Waals surface area contributed by atoms with Crippen LogP contribution in [0.25, 0.3) is 0 Å². The minimum atomic E-state index is -0.323. The zero-order valence-corrected chi connectivity index (χ0v) is 12.6. The Hall–Kier alpha value is -1.59. The molecule has 1 aromatic carbocycles. The van der Waals surface area contributed by atoms with Gasteiger partial charge < -0.3 is 11.1 Å². The number of piperidine rings is 1. The highest BCUT2D eigenvalue weighted by Crippen LogP contribution is 2.18. The average Bonchev–Trinajstić information content (AvgIpc) is 2.46. The van der Waals surface area contributed by atoms with Crippen molar-refractivity contribution < 1.29 is 9.59 Å². The van der Waals surface area contributed by atoms with Crippen LogP contribution in [0.1, 0.15) is 18.4 Å². The van der Waals surface area contributed by atoms with Gasteiger partial charge in [0.25, 0.3) is 0 Å². The van der Waals surface area contributed by atoms with Gasteiger partial charge in [-0.15, -0.1) is 0 Å². The molecule has 0 atom stereocenters. The van der Waals surface area contributed by atoms with Crippen LogP contribution in [0.3, 0.4) is 0 Å². The molecule has 0 spiro atoms. The predicted molar refractivity (Wildman–Crippen MR) is 81.7 cm³/mol. The molecule has 114 valence electrons. The average molecular weight is 310 g/mol. The molecule has 1 aliphatic rings. The minimum Gasteiger partial charge on any atom is -0.369 e. The SMILES string of the molecule is NC(=O)CN1CCC(C(=O)NCc2ccccc2Cl)CC1. The summed E-state index contributed by atoms with van der Waals surface area (Å²) in [5, 5.41) is 3.59. The molecule has 0 saturated carbocycles. The van der Waals surface area contributed by atoms with Crippen molar-refractivity contribution in [3.8, 4) is 0 Å². The van der Waals surface area contributed by atoms with E-state index < -0.39 is 0 Å². The van der Waals surface area contributed by atoms with Crippen LogP contribution in [-0.4, -0.2) is 36.3 Å². The Balaban J connectivity index is 1.77. The lowest BCUT2D eigenvalue weighted by Crippen LogP contribution is -2.43. The fourth-order valence-corrected chi connectivity index (χ4v) is 2.74. The number of primary amides is 1. The van der Waals surface area contributed by atoms with E-state index in [0.29, 0.717) is 11.6 Å². The molecule has 1 aromatic rings. The topological polar surface area (TPSA) is 75.4 Å². The fraction of sp³-hybridized carbons (Fsp3) is 0.467. The Kier molecular flexibility index (Phi) is 5.59. The first-order valence-electron chi connectivity index (χ1n) is 7.08. The van der Waals surface area contributed by atoms with Crippen LogP contribution in [0.5, 0.6) is 0 Å². The van der Waals surface area contributed by atoms with E-state index in [1.807, 2.05) is 29.2 Å². The zero-order chi connectivity index (χ0) is 15.2. The maximum Gasteiger partial charge on any atom is 0.231 e. The van der Waals surface area contributed by atoms with Crippen molar-refractivity contribution in [2.45, 2.75) is 19.4 Å². The Morgan fingerprint density at radius 3 is 2.57 bits per heavy atom. The summed E-state index contributed by atoms with van der Waals surface area (Å²) >= 11 is 6.06. The molecule has 1 aliphatic heterocycles. The number of rotatable bonds is 5. The number of amides is 2. The smallest absolute Gasteiger partial charge is 0.231 e. The summed E-state index contributed by atoms with van der Waals surface area (Å²) in [7, 11) is 0. The highest BCUT2D eigenvalue weighted by Gasteiger charge is 2.25. The molecule has 0 aromatic heterocycles. The predicted octanol–water partition coefficient (Wildman–Crippen LogP) is 1.15. The highest BCUT2D eigenvalue weighted by molar-refractivity contribution is 6.31. The van der Waals surface area contributed by atoms with Gasteiger partial charge in [0.05, 0.1) is 6.54 Å². The van der Waals surface area contributed by atoms with Gasteiger partial charge in [0.15, 0.2) is 0 Å². The third-order valence-corrected chi connectivity index (χ3v) is 4.12. The van der Waals surface area contributed by atoms with Crippen molar-refractivity contribution in [1.29, 1.82) is 0 Å². The molecule has 3 N–H and O–H groups in total. The van der Waals surface area contributed by atoms with Crippen LogP contribution in [0.2, 0.25) is 5.02 Å². The molecule has 0 unspecified atom stereocenters. The van der Waals surface area contributed by atoms with Gasteiger partial charge in [-0.1, -0.05) is 29.8 Å². The maximum atomic E-state index is 12.1. The molecule has 6 heteroatoms. The van der Waals surface area contributed by atoms with Crippen molar-refractivity contribution in [3.63, 3.8) is 0 Å². The molecule has 2 amide bonds. The van der Waals surface area contributed by atoms with E-state index in [-0.39, 0.29) is 24.3 Å². The Morgan fingerprint density at radius 2 is 1.95 bits per heavy atom. The van der Waals surface area contributed by atoms with Gasteiger partial charge in [0.2, 0.25) is 11.8 Å². The molecule has 1 fully saturated rings. The second kappa shape index (κ2) is 7.43. The maximum absolute atomic E-state index is 12.1. The summed E-state index contributed by atoms with van der Waals surface area (Å²) in [6.07, 6.45) is 1.50. The van der Waals surface area contributed by atoms with Gasteiger partial charge in [-0.05, 0) is 37.6 Å². The van der Waals surface area contributed by atoms with Crippen LogP contribution in [0.15, 0.2) is 24.3 Å². The molecule has 1 heterocycles. The molecule has 0 bridgehead atoms. The largest absolute Gasteiger partial charge is 0.369 e. The van der Waals surface area contributed by atoms with E-state index in [1.54, 1.807) is 0 Å². The number of likely N-dealkylation sites (tertiary alicyclic amines) is 1. The third-order valence-electron chi connectivity index (χ3n) is 3.75. The molecule has 5 nitrogen and oxygen atoms in total. The third kappa shape index (κ3) is 4.72. The first-order valence-corrected chi connectivity index (χ1v) is 7.46. The first kappa shape index (κ1) is 15.8. The lowest BCUT2D eigenvalue weighted by atomic mass is 9.96. The second-order valence-corrected chi connectivity index (χ2v) is 5.73. The number of nitrogens with one attached hydrogen (secondary N) is 1. The van der Waals surface area contributed by atoms with Gasteiger partial charge >= 0.3 is 0 Å². The van der Waals surface area contributed by atoms with Crippen molar-refractivity contribution in [1.82, 2.24) is 10.2 Å². The van der Waals surface area contributed by atoms with Crippen LogP contribution in [0, 0.1) is 5.92 Å². The van der Waals surface area contributed by atoms with Gasteiger partial charge in [0, 0.05) is 17.5 Å². The van der Waals surface area contributed by atoms with Crippen LogP contribution >= 0.6 is 11.6 Å². The lowest BCUT2D eigenvalue weighted by Gasteiger charge is -2.30. The molecular weight excluding hydrogens is 290 g/mol. The Bertz CT molecular complexity index is 513. The van der Waals surface area contributed by atoms with E-state index >= 15 is 0 Å². The lowest BCUT2D eigenvalue weighted by molar-refractivity contribution is -0.126. The van der Waals surface area contributed by atoms with Crippen molar-refractivity contribution in [2.75, 3.05) is 19.6 Å². The number of carbonyl (C=O) groups is 2. The second-order valence-electron chi connectivity index (χ2n) is 5.33. The van der Waals surface area contributed by atoms with Crippen LogP contribution in [-0.2, 0) is 16.1 Å². The molecule has 21 heavy (non-hydrogen) atoms. The van der Waals surface area contributed by atoms with Gasteiger partial charge in [0.1, 0.15) is 0 Å². The summed E-state index contributed by atoms with van der Waals surface area (Å²) in [5.41, 5.74) is 6.09. The summed E-state index contributed by atoms with van der Waals surface area (Å²) in [4.78, 5) is 25.0. The van der Waals surface area contributed by atoms with Crippen LogP contribution < -0.4 is 11.1 Å². The summed E-state index contributed by atoms with van der Waals surface area (Å²) < 4.78 is 0. The van der Waals surface area contributed by atoms with Crippen molar-refractivity contribution in [3.05, 3.63) is 34.9 Å². The van der Waals surface area contributed by atoms with Crippen molar-refractivity contribution >= 4 is 23.4 Å². The number of hydrogen-bond donors (Lipinski definition) is 2. The molecule has 1 saturated heterocycles. The fourth-order valence-electron chi connectivity index (χ4n) is 2.54. The van der Waals surface area contributed by atoms with Crippen molar-refractivity contribution in [2.24, 2.45) is 11.7 Å². The number of carbonyl (C=O) groups excluding carboxylic acids is 2. The first-order chi connectivity index (χ1) is 10.1. The van der Waals surface area contributed by atoms with Gasteiger partial charge in [-0.3, -0.25) is 14.5 Å². The van der Waals surface area contributed by atoms with E-state index in [1.165, 1.54) is 0 Å². The Morgan fingerprint density at radius 1 is 1.29 bits per heavy atom. The quantitative estimate of drug-likeness (QED) is 0.857. The normalized spacial score (nSPS) is 16.6. The highest BCUT2D eigenvalue weighted by atomic mass is 35.5. The monoisotopic (exact) mass is 309 g/mol. The summed E-state index contributed by atoms with van der Waals surface area (Å²) in [6, 6.07) is 7.47. The number of halogens is 1. The molecular formula is C15H20ClN3O2. The van der Waals surface area contributed by atoms with E-state index in [9.17, 15) is 9.59 Å². The van der Waals surface area contributed by atoms with Gasteiger partial charge in [-0.2, -0.15) is 0 Å². The number of hydrogen-bond acceptors (Lipinski definition) is 3. The molecule has 2 rings (SSSR count). The summed E-state index contributed by atoms with van der Waals surface area (Å²) in [5.74, 6) is -0.276. The number of nitrogens with two attached hydrogens (primary N) is 1. The van der Waals surface area contributed by atoms with E-state index in [0.717, 1.165) is 31.5 Å². The number of nitrogens with zero attached hydrogens (tertiary/aromatic N) is 1. The van der Waals surface area contributed by atoms with Crippen LogP contribution in [0.4, 0.5) is 0 Å². The standard InChI is InChI=1S/C15H20ClN3O2/c16-13-4-2-1-3-12(13)9-18-15(21)11-5-7-19(8-6-11)10-14(17)20/h1-4,11H,5-10H2,(H2,17,20)(H,18,21). The minimum absolute atomic E-state index is 0.00313. The molecule has 0 aliphatic carbocycles.